The Kier molecular flexibility index (Phi) is 12.3. The molecule has 11 heteroatoms. The molecule has 1 aliphatic rings. The van der Waals surface area contributed by atoms with Gasteiger partial charge in [-0.1, -0.05) is 54.2 Å². The third-order valence-corrected chi connectivity index (χ3v) is 10.3. The van der Waals surface area contributed by atoms with E-state index in [9.17, 15) is 18.0 Å². The molecule has 0 heterocycles. The molecule has 0 radical (unpaired) electrons. The number of carbonyl (C=O) groups excluding carboxylic acids is 2. The summed E-state index contributed by atoms with van der Waals surface area (Å²) in [6, 6.07) is 19.4. The molecule has 4 rings (SSSR count). The summed E-state index contributed by atoms with van der Waals surface area (Å²) in [6.45, 7) is 3.80. The minimum Gasteiger partial charge on any atom is -0.497 e. The predicted octanol–water partition coefficient (Wildman–Crippen LogP) is 6.31. The van der Waals surface area contributed by atoms with E-state index in [1.807, 2.05) is 26.0 Å². The van der Waals surface area contributed by atoms with Gasteiger partial charge in [-0.25, -0.2) is 8.42 Å². The van der Waals surface area contributed by atoms with Crippen LogP contribution >= 0.6 is 15.9 Å². The Morgan fingerprint density at radius 2 is 1.53 bits per heavy atom. The molecule has 1 N–H and O–H groups in total. The Bertz CT molecular complexity index is 1510. The van der Waals surface area contributed by atoms with Gasteiger partial charge < -0.3 is 19.7 Å². The number of sulfonamides is 1. The molecule has 0 bridgehead atoms. The van der Waals surface area contributed by atoms with Gasteiger partial charge in [-0.15, -0.1) is 0 Å². The minimum absolute atomic E-state index is 0.0381. The van der Waals surface area contributed by atoms with E-state index >= 15 is 0 Å². The maximum absolute atomic E-state index is 14.3. The molecule has 1 atom stereocenters. The molecule has 0 unspecified atom stereocenters. The predicted molar refractivity (Wildman–Crippen MR) is 179 cm³/mol. The van der Waals surface area contributed by atoms with E-state index in [2.05, 4.69) is 21.2 Å². The topological polar surface area (TPSA) is 105 Å². The second-order valence-corrected chi connectivity index (χ2v) is 13.8. The quantitative estimate of drug-likeness (QED) is 0.212. The Morgan fingerprint density at radius 1 is 0.911 bits per heavy atom. The highest BCUT2D eigenvalue weighted by molar-refractivity contribution is 9.10. The van der Waals surface area contributed by atoms with Crippen molar-refractivity contribution in [3.8, 4) is 11.5 Å². The number of anilines is 1. The van der Waals surface area contributed by atoms with Crippen LogP contribution in [0, 0.1) is 0 Å². The lowest BCUT2D eigenvalue weighted by atomic mass is 9.95. The molecule has 1 aliphatic carbocycles. The van der Waals surface area contributed by atoms with E-state index in [1.54, 1.807) is 55.6 Å². The first-order valence-corrected chi connectivity index (χ1v) is 17.6. The van der Waals surface area contributed by atoms with Crippen molar-refractivity contribution in [1.29, 1.82) is 0 Å². The number of carbonyl (C=O) groups is 2. The summed E-state index contributed by atoms with van der Waals surface area (Å²) in [7, 11) is -2.60. The number of nitrogens with one attached hydrogen (secondary N) is 1. The molecule has 0 aromatic heterocycles. The smallest absolute Gasteiger partial charge is 0.264 e. The van der Waals surface area contributed by atoms with E-state index in [0.717, 1.165) is 46.4 Å². The second-order valence-electron chi connectivity index (χ2n) is 11.0. The van der Waals surface area contributed by atoms with Crippen molar-refractivity contribution in [2.24, 2.45) is 0 Å². The number of hydrogen-bond donors (Lipinski definition) is 1. The Morgan fingerprint density at radius 3 is 2.11 bits per heavy atom. The summed E-state index contributed by atoms with van der Waals surface area (Å²) in [4.78, 5) is 29.6. The van der Waals surface area contributed by atoms with Crippen LogP contribution in [-0.4, -0.2) is 57.5 Å². The molecule has 3 aromatic rings. The number of methoxy groups -OCH3 is 1. The number of benzene rings is 3. The maximum Gasteiger partial charge on any atom is 0.264 e. The van der Waals surface area contributed by atoms with Crippen molar-refractivity contribution in [3.05, 3.63) is 82.8 Å². The monoisotopic (exact) mass is 699 g/mol. The lowest BCUT2D eigenvalue weighted by Gasteiger charge is -2.34. The van der Waals surface area contributed by atoms with Crippen molar-refractivity contribution in [3.63, 3.8) is 0 Å². The molecular formula is C34H42BrN3O6S. The average molecular weight is 701 g/mol. The van der Waals surface area contributed by atoms with Crippen LogP contribution in [0.3, 0.4) is 0 Å². The number of hydrogen-bond acceptors (Lipinski definition) is 6. The van der Waals surface area contributed by atoms with E-state index in [4.69, 9.17) is 9.47 Å². The van der Waals surface area contributed by atoms with E-state index in [0.29, 0.717) is 30.2 Å². The Hall–Kier alpha value is -3.57. The van der Waals surface area contributed by atoms with E-state index in [-0.39, 0.29) is 23.4 Å². The van der Waals surface area contributed by atoms with Crippen LogP contribution in [0.5, 0.6) is 11.5 Å². The normalized spacial score (nSPS) is 14.3. The van der Waals surface area contributed by atoms with Crippen LogP contribution in [0.1, 0.15) is 57.9 Å². The zero-order valence-corrected chi connectivity index (χ0v) is 28.5. The number of halogens is 1. The molecule has 242 valence electrons. The van der Waals surface area contributed by atoms with Crippen LogP contribution < -0.4 is 19.1 Å². The molecule has 45 heavy (non-hydrogen) atoms. The second kappa shape index (κ2) is 16.1. The Labute approximate surface area is 275 Å². The van der Waals surface area contributed by atoms with Crippen LogP contribution in [0.2, 0.25) is 0 Å². The molecular weight excluding hydrogens is 658 g/mol. The van der Waals surface area contributed by atoms with Crippen LogP contribution in [0.15, 0.2) is 82.2 Å². The molecule has 3 aromatic carbocycles. The van der Waals surface area contributed by atoms with Gasteiger partial charge in [0.05, 0.1) is 24.3 Å². The fraction of sp³-hybridized carbons (Fsp3) is 0.412. The van der Waals surface area contributed by atoms with Crippen LogP contribution in [-0.2, 0) is 26.2 Å². The highest BCUT2D eigenvalue weighted by Crippen LogP contribution is 2.28. The number of nitrogens with zero attached hydrogens (tertiary/aromatic N) is 2. The van der Waals surface area contributed by atoms with Gasteiger partial charge in [0.15, 0.2) is 0 Å². The largest absolute Gasteiger partial charge is 0.497 e. The van der Waals surface area contributed by atoms with Gasteiger partial charge >= 0.3 is 0 Å². The zero-order chi connectivity index (χ0) is 32.4. The van der Waals surface area contributed by atoms with Gasteiger partial charge in [0.1, 0.15) is 24.1 Å². The van der Waals surface area contributed by atoms with Gasteiger partial charge in [-0.2, -0.15) is 0 Å². The average Bonchev–Trinajstić information content (AvgIpc) is 3.05. The molecule has 0 aliphatic heterocycles. The standard InChI is InChI=1S/C34H42BrN3O6S/c1-4-32(34(40)36-27-9-7-6-8-10-27)37(23-25-11-17-29(43-3)18-12-25)33(39)24-38(28-15-19-30(20-16-28)44-5-2)45(41,42)31-21-13-26(35)14-22-31/h11-22,27,32H,4-10,23-24H2,1-3H3,(H,36,40)/t32-/m0/s1. The summed E-state index contributed by atoms with van der Waals surface area (Å²) in [5.41, 5.74) is 1.09. The van der Waals surface area contributed by atoms with Crippen molar-refractivity contribution >= 4 is 43.5 Å². The van der Waals surface area contributed by atoms with Crippen molar-refractivity contribution < 1.29 is 27.5 Å². The van der Waals surface area contributed by atoms with E-state index < -0.39 is 28.5 Å². The highest BCUT2D eigenvalue weighted by atomic mass is 79.9. The third kappa shape index (κ3) is 9.00. The highest BCUT2D eigenvalue weighted by Gasteiger charge is 2.34. The SMILES string of the molecule is CCOc1ccc(N(CC(=O)N(Cc2ccc(OC)cc2)[C@@H](CC)C(=O)NC2CCCCC2)S(=O)(=O)c2ccc(Br)cc2)cc1. The van der Waals surface area contributed by atoms with Gasteiger partial charge in [0.25, 0.3) is 10.0 Å². The fourth-order valence-electron chi connectivity index (χ4n) is 5.53. The number of amides is 2. The third-order valence-electron chi connectivity index (χ3n) is 7.97. The molecule has 0 spiro atoms. The zero-order valence-electron chi connectivity index (χ0n) is 26.1. The summed E-state index contributed by atoms with van der Waals surface area (Å²) < 4.78 is 40.9. The molecule has 0 saturated heterocycles. The van der Waals surface area contributed by atoms with Gasteiger partial charge in [-0.3, -0.25) is 13.9 Å². The molecule has 1 saturated carbocycles. The fourth-order valence-corrected chi connectivity index (χ4v) is 7.21. The first-order chi connectivity index (χ1) is 21.7. The molecule has 9 nitrogen and oxygen atoms in total. The van der Waals surface area contributed by atoms with Crippen molar-refractivity contribution in [2.45, 2.75) is 75.9 Å². The van der Waals surface area contributed by atoms with Gasteiger partial charge in [-0.05, 0) is 92.4 Å². The Balaban J connectivity index is 1.70. The first-order valence-electron chi connectivity index (χ1n) is 15.4. The first kappa shape index (κ1) is 34.3. The van der Waals surface area contributed by atoms with Crippen molar-refractivity contribution in [2.75, 3.05) is 24.6 Å². The minimum atomic E-state index is -4.17. The van der Waals surface area contributed by atoms with Crippen LogP contribution in [0.4, 0.5) is 5.69 Å². The van der Waals surface area contributed by atoms with E-state index in [1.165, 1.54) is 17.0 Å². The van der Waals surface area contributed by atoms with Crippen molar-refractivity contribution in [1.82, 2.24) is 10.2 Å². The summed E-state index contributed by atoms with van der Waals surface area (Å²) >= 11 is 3.36. The van der Waals surface area contributed by atoms with Crippen LogP contribution in [0.25, 0.3) is 0 Å². The summed E-state index contributed by atoms with van der Waals surface area (Å²) in [5, 5.41) is 3.17. The maximum atomic E-state index is 14.3. The summed E-state index contributed by atoms with van der Waals surface area (Å²) in [5.74, 6) is 0.529. The summed E-state index contributed by atoms with van der Waals surface area (Å²) in [6.07, 6.45) is 5.45. The van der Waals surface area contributed by atoms with Gasteiger partial charge in [0.2, 0.25) is 11.8 Å². The molecule has 1 fully saturated rings. The van der Waals surface area contributed by atoms with Gasteiger partial charge in [0, 0.05) is 17.1 Å². The lowest BCUT2D eigenvalue weighted by Crippen LogP contribution is -2.54. The number of rotatable bonds is 14. The lowest BCUT2D eigenvalue weighted by molar-refractivity contribution is -0.140. The molecule has 2 amide bonds. The number of ether oxygens (including phenoxy) is 2.